The van der Waals surface area contributed by atoms with Crippen molar-refractivity contribution in [3.63, 3.8) is 0 Å². The number of thiophene rings is 1. The van der Waals surface area contributed by atoms with Crippen molar-refractivity contribution in [3.8, 4) is 16.9 Å². The highest BCUT2D eigenvalue weighted by atomic mass is 32.1. The van der Waals surface area contributed by atoms with Crippen molar-refractivity contribution in [3.05, 3.63) is 76.2 Å². The molecule has 7 heteroatoms. The van der Waals surface area contributed by atoms with Crippen LogP contribution in [0.1, 0.15) is 5.56 Å². The molecule has 0 aliphatic rings. The van der Waals surface area contributed by atoms with Crippen LogP contribution < -0.4 is 15.6 Å². The number of aromatic nitrogens is 2. The summed E-state index contributed by atoms with van der Waals surface area (Å²) in [7, 11) is 1.55. The Hall–Kier alpha value is -3.45. The Bertz CT molecular complexity index is 1250. The second kappa shape index (κ2) is 7.89. The summed E-state index contributed by atoms with van der Waals surface area (Å²) < 4.78 is 6.63. The summed E-state index contributed by atoms with van der Waals surface area (Å²) in [5.41, 5.74) is 3.11. The fourth-order valence-corrected chi connectivity index (χ4v) is 4.08. The maximum absolute atomic E-state index is 13.1. The Balaban J connectivity index is 1.65. The van der Waals surface area contributed by atoms with Crippen LogP contribution in [0.5, 0.6) is 5.75 Å². The van der Waals surface area contributed by atoms with Crippen LogP contribution in [0.25, 0.3) is 21.3 Å². The first kappa shape index (κ1) is 18.9. The molecule has 0 fully saturated rings. The molecule has 1 amide bonds. The molecule has 2 aromatic heterocycles. The van der Waals surface area contributed by atoms with Crippen LogP contribution in [0, 0.1) is 6.92 Å². The van der Waals surface area contributed by atoms with Gasteiger partial charge in [-0.25, -0.2) is 4.98 Å². The van der Waals surface area contributed by atoms with E-state index in [1.165, 1.54) is 22.2 Å². The van der Waals surface area contributed by atoms with E-state index >= 15 is 0 Å². The molecular formula is C22H19N3O3S. The van der Waals surface area contributed by atoms with E-state index in [1.54, 1.807) is 13.2 Å². The highest BCUT2D eigenvalue weighted by molar-refractivity contribution is 7.17. The Morgan fingerprint density at radius 3 is 2.76 bits per heavy atom. The third-order valence-electron chi connectivity index (χ3n) is 4.59. The zero-order valence-corrected chi connectivity index (χ0v) is 16.8. The van der Waals surface area contributed by atoms with Gasteiger partial charge in [0.25, 0.3) is 5.56 Å². The molecule has 6 nitrogen and oxygen atoms in total. The van der Waals surface area contributed by atoms with Crippen molar-refractivity contribution in [2.75, 3.05) is 12.4 Å². The Morgan fingerprint density at radius 1 is 1.21 bits per heavy atom. The molecule has 2 aromatic carbocycles. The molecule has 0 aliphatic heterocycles. The van der Waals surface area contributed by atoms with Gasteiger partial charge in [0.15, 0.2) is 0 Å². The molecule has 0 atom stereocenters. The number of carbonyl (C=O) groups excluding carboxylic acids is 1. The fourth-order valence-electron chi connectivity index (χ4n) is 3.17. The van der Waals surface area contributed by atoms with E-state index < -0.39 is 0 Å². The van der Waals surface area contributed by atoms with Gasteiger partial charge in [-0.3, -0.25) is 14.2 Å². The average molecular weight is 405 g/mol. The minimum Gasteiger partial charge on any atom is -0.495 e. The molecule has 0 bridgehead atoms. The summed E-state index contributed by atoms with van der Waals surface area (Å²) in [6.45, 7) is 1.79. The Morgan fingerprint density at radius 2 is 2.00 bits per heavy atom. The van der Waals surface area contributed by atoms with Crippen LogP contribution in [0.3, 0.4) is 0 Å². The topological polar surface area (TPSA) is 73.2 Å². The lowest BCUT2D eigenvalue weighted by molar-refractivity contribution is -0.116. The second-order valence-electron chi connectivity index (χ2n) is 6.63. The van der Waals surface area contributed by atoms with Gasteiger partial charge >= 0.3 is 0 Å². The predicted octanol–water partition coefficient (Wildman–Crippen LogP) is 4.08. The molecule has 146 valence electrons. The molecule has 2 heterocycles. The Labute approximate surface area is 171 Å². The van der Waals surface area contributed by atoms with Gasteiger partial charge in [-0.05, 0) is 30.2 Å². The summed E-state index contributed by atoms with van der Waals surface area (Å²) in [6.07, 6.45) is 1.42. The standard InChI is InChI=1S/C22H19N3O3S/c1-14-8-9-18(28-2)17(10-14)24-19(26)11-25-13-23-21-20(22(25)27)16(12-29-21)15-6-4-3-5-7-15/h3-10,12-13H,11H2,1-2H3,(H,24,26). The van der Waals surface area contributed by atoms with Crippen LogP contribution in [-0.2, 0) is 11.3 Å². The number of fused-ring (bicyclic) bond motifs is 1. The highest BCUT2D eigenvalue weighted by Gasteiger charge is 2.15. The van der Waals surface area contributed by atoms with E-state index in [-0.39, 0.29) is 18.0 Å². The van der Waals surface area contributed by atoms with Gasteiger partial charge in [-0.15, -0.1) is 11.3 Å². The second-order valence-corrected chi connectivity index (χ2v) is 7.48. The smallest absolute Gasteiger partial charge is 0.263 e. The van der Waals surface area contributed by atoms with Crippen molar-refractivity contribution in [2.45, 2.75) is 13.5 Å². The lowest BCUT2D eigenvalue weighted by Crippen LogP contribution is -2.28. The number of ether oxygens (including phenoxy) is 1. The minimum absolute atomic E-state index is 0.136. The zero-order chi connectivity index (χ0) is 20.4. The third kappa shape index (κ3) is 3.77. The van der Waals surface area contributed by atoms with E-state index in [0.717, 1.165) is 16.7 Å². The van der Waals surface area contributed by atoms with Crippen LogP contribution in [-0.4, -0.2) is 22.6 Å². The molecule has 29 heavy (non-hydrogen) atoms. The van der Waals surface area contributed by atoms with Gasteiger partial charge in [0.05, 0.1) is 24.5 Å². The quantitative estimate of drug-likeness (QED) is 0.543. The number of hydrogen-bond acceptors (Lipinski definition) is 5. The van der Waals surface area contributed by atoms with Crippen molar-refractivity contribution in [1.29, 1.82) is 0 Å². The molecule has 0 spiro atoms. The number of aryl methyl sites for hydroxylation is 1. The van der Waals surface area contributed by atoms with Crippen molar-refractivity contribution in [2.24, 2.45) is 0 Å². The minimum atomic E-state index is -0.325. The maximum atomic E-state index is 13.1. The summed E-state index contributed by atoms with van der Waals surface area (Å²) >= 11 is 1.42. The number of hydrogen-bond donors (Lipinski definition) is 1. The van der Waals surface area contributed by atoms with Crippen molar-refractivity contribution in [1.82, 2.24) is 9.55 Å². The van der Waals surface area contributed by atoms with Gasteiger partial charge in [0.2, 0.25) is 5.91 Å². The average Bonchev–Trinajstić information content (AvgIpc) is 3.16. The molecule has 0 saturated carbocycles. The first-order valence-corrected chi connectivity index (χ1v) is 9.91. The van der Waals surface area contributed by atoms with E-state index in [9.17, 15) is 9.59 Å². The number of amides is 1. The van der Waals surface area contributed by atoms with Crippen LogP contribution in [0.2, 0.25) is 0 Å². The first-order valence-electron chi connectivity index (χ1n) is 9.03. The number of nitrogens with zero attached hydrogens (tertiary/aromatic N) is 2. The van der Waals surface area contributed by atoms with Crippen molar-refractivity contribution < 1.29 is 9.53 Å². The first-order chi connectivity index (χ1) is 14.1. The molecule has 4 rings (SSSR count). The number of nitrogens with one attached hydrogen (secondary N) is 1. The van der Waals surface area contributed by atoms with Gasteiger partial charge in [-0.1, -0.05) is 36.4 Å². The predicted molar refractivity (Wildman–Crippen MR) is 116 cm³/mol. The largest absolute Gasteiger partial charge is 0.495 e. The van der Waals surface area contributed by atoms with E-state index in [1.807, 2.05) is 54.8 Å². The van der Waals surface area contributed by atoms with E-state index in [4.69, 9.17) is 4.74 Å². The highest BCUT2D eigenvalue weighted by Crippen LogP contribution is 2.30. The fraction of sp³-hybridized carbons (Fsp3) is 0.136. The number of benzene rings is 2. The number of rotatable bonds is 5. The van der Waals surface area contributed by atoms with Crippen LogP contribution in [0.4, 0.5) is 5.69 Å². The monoisotopic (exact) mass is 405 g/mol. The van der Waals surface area contributed by atoms with E-state index in [2.05, 4.69) is 10.3 Å². The molecule has 1 N–H and O–H groups in total. The summed E-state index contributed by atoms with van der Waals surface area (Å²) in [4.78, 5) is 30.7. The molecule has 0 radical (unpaired) electrons. The Kier molecular flexibility index (Phi) is 5.14. The zero-order valence-electron chi connectivity index (χ0n) is 16.0. The van der Waals surface area contributed by atoms with Gasteiger partial charge < -0.3 is 10.1 Å². The summed E-state index contributed by atoms with van der Waals surface area (Å²) in [5, 5.41) is 5.28. The molecule has 4 aromatic rings. The third-order valence-corrected chi connectivity index (χ3v) is 5.47. The SMILES string of the molecule is COc1ccc(C)cc1NC(=O)Cn1cnc2scc(-c3ccccc3)c2c1=O. The normalized spacial score (nSPS) is 10.8. The molecule has 0 saturated heterocycles. The lowest BCUT2D eigenvalue weighted by Gasteiger charge is -2.12. The lowest BCUT2D eigenvalue weighted by atomic mass is 10.1. The van der Waals surface area contributed by atoms with Crippen LogP contribution >= 0.6 is 11.3 Å². The molecular weight excluding hydrogens is 386 g/mol. The molecule has 0 unspecified atom stereocenters. The summed E-state index contributed by atoms with van der Waals surface area (Å²) in [6, 6.07) is 15.2. The number of methoxy groups -OCH3 is 1. The number of anilines is 1. The van der Waals surface area contributed by atoms with Crippen LogP contribution in [0.15, 0.2) is 65.0 Å². The van der Waals surface area contributed by atoms with Crippen molar-refractivity contribution >= 4 is 33.1 Å². The van der Waals surface area contributed by atoms with Gasteiger partial charge in [0, 0.05) is 10.9 Å². The summed E-state index contributed by atoms with van der Waals surface area (Å²) in [5.74, 6) is 0.239. The van der Waals surface area contributed by atoms with Gasteiger partial charge in [-0.2, -0.15) is 0 Å². The van der Waals surface area contributed by atoms with Gasteiger partial charge in [0.1, 0.15) is 17.1 Å². The number of carbonyl (C=O) groups is 1. The van der Waals surface area contributed by atoms with E-state index in [0.29, 0.717) is 21.7 Å². The maximum Gasteiger partial charge on any atom is 0.263 e. The molecule has 0 aliphatic carbocycles.